The van der Waals surface area contributed by atoms with Crippen molar-refractivity contribution < 1.29 is 28.9 Å². The lowest BCUT2D eigenvalue weighted by Crippen LogP contribution is -2.50. The number of halogens is 1. The number of anilines is 1. The summed E-state index contributed by atoms with van der Waals surface area (Å²) in [7, 11) is 2.21. The van der Waals surface area contributed by atoms with Gasteiger partial charge in [-0.1, -0.05) is 29.5 Å². The van der Waals surface area contributed by atoms with E-state index in [0.29, 0.717) is 42.6 Å². The molecule has 2 unspecified atom stereocenters. The first kappa shape index (κ1) is 27.5. The fourth-order valence-electron chi connectivity index (χ4n) is 5.23. The zero-order valence-electron chi connectivity index (χ0n) is 21.2. The van der Waals surface area contributed by atoms with Gasteiger partial charge in [0.05, 0.1) is 16.8 Å². The van der Waals surface area contributed by atoms with E-state index in [1.54, 1.807) is 17.4 Å². The van der Waals surface area contributed by atoms with Gasteiger partial charge in [0.2, 0.25) is 0 Å². The van der Waals surface area contributed by atoms with Crippen LogP contribution in [-0.4, -0.2) is 70.4 Å². The Morgan fingerprint density at radius 3 is 2.42 bits per heavy atom. The van der Waals surface area contributed by atoms with Crippen LogP contribution in [0.3, 0.4) is 0 Å². The highest BCUT2D eigenvalue weighted by Crippen LogP contribution is 2.39. The first-order valence-electron chi connectivity index (χ1n) is 12.7. The summed E-state index contributed by atoms with van der Waals surface area (Å²) in [6, 6.07) is 16.7. The van der Waals surface area contributed by atoms with Crippen LogP contribution in [0, 0.1) is 5.82 Å². The summed E-state index contributed by atoms with van der Waals surface area (Å²) in [6.07, 6.45) is 7.08. The Hall–Kier alpha value is -3.50. The first-order chi connectivity index (χ1) is 18.3. The van der Waals surface area contributed by atoms with Crippen LogP contribution in [0.4, 0.5) is 9.52 Å². The van der Waals surface area contributed by atoms with Gasteiger partial charge >= 0.3 is 11.9 Å². The molecule has 0 amide bonds. The Kier molecular flexibility index (Phi) is 9.30. The van der Waals surface area contributed by atoms with E-state index in [4.69, 9.17) is 19.9 Å². The summed E-state index contributed by atoms with van der Waals surface area (Å²) in [5.74, 6) is -2.14. The number of ether oxygens (including phenoxy) is 1. The van der Waals surface area contributed by atoms with Crippen molar-refractivity contribution in [1.82, 2.24) is 9.88 Å². The van der Waals surface area contributed by atoms with Crippen LogP contribution >= 0.6 is 11.3 Å². The minimum Gasteiger partial charge on any atom is -0.493 e. The average Bonchev–Trinajstić information content (AvgIpc) is 3.42. The van der Waals surface area contributed by atoms with Gasteiger partial charge in [-0.15, -0.1) is 0 Å². The molecule has 3 aromatic rings. The Morgan fingerprint density at radius 2 is 1.79 bits per heavy atom. The van der Waals surface area contributed by atoms with Crippen molar-refractivity contribution in [2.45, 2.75) is 50.2 Å². The molecule has 10 heteroatoms. The number of thiazole rings is 1. The van der Waals surface area contributed by atoms with E-state index in [9.17, 15) is 14.0 Å². The largest absolute Gasteiger partial charge is 0.493 e. The van der Waals surface area contributed by atoms with Gasteiger partial charge in [0, 0.05) is 49.9 Å². The molecule has 0 radical (unpaired) electrons. The topological polar surface area (TPSA) is 103 Å². The molecule has 1 aromatic heterocycles. The number of hydrogen-bond donors (Lipinski definition) is 2. The summed E-state index contributed by atoms with van der Waals surface area (Å²) < 4.78 is 20.3. The number of carbonyl (C=O) groups is 2. The Balaban J connectivity index is 0.000000368. The zero-order valence-corrected chi connectivity index (χ0v) is 22.0. The molecule has 2 atom stereocenters. The molecule has 0 saturated carbocycles. The van der Waals surface area contributed by atoms with E-state index < -0.39 is 11.9 Å². The second-order valence-corrected chi connectivity index (χ2v) is 10.5. The number of para-hydroxylation sites is 1. The molecule has 38 heavy (non-hydrogen) atoms. The maximum absolute atomic E-state index is 13.3. The molecule has 202 valence electrons. The number of nitrogens with zero attached hydrogens (tertiary/aromatic N) is 3. The maximum Gasteiger partial charge on any atom is 0.328 e. The van der Waals surface area contributed by atoms with Gasteiger partial charge in [-0.2, -0.15) is 0 Å². The first-order valence-corrected chi connectivity index (χ1v) is 13.5. The monoisotopic (exact) mass is 541 g/mol. The van der Waals surface area contributed by atoms with Crippen LogP contribution in [-0.2, 0) is 9.59 Å². The lowest BCUT2D eigenvalue weighted by Gasteiger charge is -2.42. The minimum absolute atomic E-state index is 0.245. The third kappa shape index (κ3) is 7.29. The number of carboxylic acids is 2. The van der Waals surface area contributed by atoms with Crippen molar-refractivity contribution in [1.29, 1.82) is 0 Å². The fraction of sp³-hybridized carbons (Fsp3) is 0.393. The zero-order chi connectivity index (χ0) is 27.1. The van der Waals surface area contributed by atoms with Crippen molar-refractivity contribution in [3.05, 3.63) is 66.5 Å². The molecule has 5 rings (SSSR count). The van der Waals surface area contributed by atoms with Gasteiger partial charge in [0.15, 0.2) is 5.13 Å². The fourth-order valence-corrected chi connectivity index (χ4v) is 6.23. The van der Waals surface area contributed by atoms with E-state index in [-0.39, 0.29) is 5.82 Å². The number of piperidine rings is 1. The molecule has 2 aromatic carbocycles. The lowest BCUT2D eigenvalue weighted by molar-refractivity contribution is -0.134. The Bertz CT molecular complexity index is 1220. The molecule has 0 spiro atoms. The van der Waals surface area contributed by atoms with Crippen molar-refractivity contribution in [2.24, 2.45) is 0 Å². The predicted octanol–water partition coefficient (Wildman–Crippen LogP) is 5.05. The van der Waals surface area contributed by atoms with E-state index in [0.717, 1.165) is 23.6 Å². The number of carboxylic acid groups (broad SMARTS) is 2. The lowest BCUT2D eigenvalue weighted by atomic mass is 9.96. The summed E-state index contributed by atoms with van der Waals surface area (Å²) >= 11 is 1.80. The van der Waals surface area contributed by atoms with Gasteiger partial charge < -0.3 is 19.8 Å². The third-order valence-electron chi connectivity index (χ3n) is 6.99. The van der Waals surface area contributed by atoms with Gasteiger partial charge in [0.25, 0.3) is 0 Å². The molecule has 2 fully saturated rings. The predicted molar refractivity (Wildman–Crippen MR) is 145 cm³/mol. The molecular weight excluding hydrogens is 509 g/mol. The molecule has 2 bridgehead atoms. The summed E-state index contributed by atoms with van der Waals surface area (Å²) in [4.78, 5) is 29.1. The molecular formula is C28H32FN3O5S. The van der Waals surface area contributed by atoms with Crippen LogP contribution in [0.1, 0.15) is 32.1 Å². The number of hydrogen-bond acceptors (Lipinski definition) is 7. The van der Waals surface area contributed by atoms with Gasteiger partial charge in [-0.25, -0.2) is 19.0 Å². The normalized spacial score (nSPS) is 20.7. The SMILES string of the molecule is CN(c1nc2ccccc2s1)C1CC2CCC(C1)N2CCCOc1cccc(F)c1.O=C(O)C=CC(=O)O. The second-order valence-electron chi connectivity index (χ2n) is 9.49. The molecule has 0 aliphatic carbocycles. The molecule has 3 heterocycles. The maximum atomic E-state index is 13.3. The van der Waals surface area contributed by atoms with Crippen molar-refractivity contribution in [3.63, 3.8) is 0 Å². The summed E-state index contributed by atoms with van der Waals surface area (Å²) in [6.45, 7) is 1.69. The molecule has 2 aliphatic rings. The quantitative estimate of drug-likeness (QED) is 0.287. The van der Waals surface area contributed by atoms with Crippen LogP contribution in [0.5, 0.6) is 5.75 Å². The van der Waals surface area contributed by atoms with Crippen molar-refractivity contribution >= 4 is 38.6 Å². The number of fused-ring (bicyclic) bond motifs is 3. The number of aromatic nitrogens is 1. The third-order valence-corrected chi connectivity index (χ3v) is 8.11. The van der Waals surface area contributed by atoms with Crippen LogP contribution in [0.25, 0.3) is 10.2 Å². The van der Waals surface area contributed by atoms with Gasteiger partial charge in [-0.3, -0.25) is 4.90 Å². The van der Waals surface area contributed by atoms with Gasteiger partial charge in [0.1, 0.15) is 11.6 Å². The number of benzene rings is 2. The number of aliphatic carboxylic acids is 2. The van der Waals surface area contributed by atoms with Crippen LogP contribution in [0.15, 0.2) is 60.7 Å². The molecule has 2 N–H and O–H groups in total. The molecule has 2 aliphatic heterocycles. The Labute approximate surface area is 225 Å². The molecule has 2 saturated heterocycles. The summed E-state index contributed by atoms with van der Waals surface area (Å²) in [5, 5.41) is 16.8. The van der Waals surface area contributed by atoms with Crippen LogP contribution < -0.4 is 9.64 Å². The van der Waals surface area contributed by atoms with E-state index in [2.05, 4.69) is 41.1 Å². The molecule has 8 nitrogen and oxygen atoms in total. The highest BCUT2D eigenvalue weighted by Gasteiger charge is 2.41. The van der Waals surface area contributed by atoms with Gasteiger partial charge in [-0.05, 0) is 56.4 Å². The van der Waals surface area contributed by atoms with E-state index in [1.165, 1.54) is 42.5 Å². The minimum atomic E-state index is -1.26. The van der Waals surface area contributed by atoms with E-state index in [1.807, 2.05) is 6.07 Å². The standard InChI is InChI=1S/C24H28FN3OS.C4H4O4/c1-27(24-26-22-8-2-3-9-23(22)30-24)20-15-18-10-11-19(16-20)28(18)12-5-13-29-21-7-4-6-17(25)14-21;5-3(6)1-2-4(7)8/h2-4,6-9,14,18-20H,5,10-13,15-16H2,1H3;1-2H,(H,5,6)(H,7,8). The van der Waals surface area contributed by atoms with Crippen molar-refractivity contribution in [2.75, 3.05) is 25.1 Å². The summed E-state index contributed by atoms with van der Waals surface area (Å²) in [5.41, 5.74) is 1.10. The second kappa shape index (κ2) is 12.8. The van der Waals surface area contributed by atoms with Crippen molar-refractivity contribution in [3.8, 4) is 5.75 Å². The Morgan fingerprint density at radius 1 is 1.11 bits per heavy atom. The average molecular weight is 542 g/mol. The highest BCUT2D eigenvalue weighted by atomic mass is 32.1. The smallest absolute Gasteiger partial charge is 0.328 e. The number of rotatable bonds is 9. The van der Waals surface area contributed by atoms with Crippen LogP contribution in [0.2, 0.25) is 0 Å². The van der Waals surface area contributed by atoms with E-state index >= 15 is 0 Å². The highest BCUT2D eigenvalue weighted by molar-refractivity contribution is 7.22.